The lowest BCUT2D eigenvalue weighted by atomic mass is 9.72. The average molecular weight is 272 g/mol. The Bertz CT molecular complexity index is 430. The molecule has 1 saturated carbocycles. The number of rotatable bonds is 3. The first-order valence-electron chi connectivity index (χ1n) is 8.26. The number of likely N-dealkylation sites (tertiary alicyclic amines) is 1. The topological polar surface area (TPSA) is 29.3 Å². The third-order valence-electron chi connectivity index (χ3n) is 5.86. The van der Waals surface area contributed by atoms with E-state index >= 15 is 0 Å². The molecule has 1 aromatic rings. The van der Waals surface area contributed by atoms with Gasteiger partial charge in [-0.15, -0.1) is 0 Å². The van der Waals surface area contributed by atoms with Crippen molar-refractivity contribution in [2.24, 2.45) is 11.7 Å². The van der Waals surface area contributed by atoms with Crippen molar-refractivity contribution in [1.29, 1.82) is 0 Å². The van der Waals surface area contributed by atoms with Crippen LogP contribution in [0, 0.1) is 5.92 Å². The molecule has 0 bridgehead atoms. The van der Waals surface area contributed by atoms with Crippen LogP contribution in [0.1, 0.15) is 50.5 Å². The molecule has 1 aliphatic carbocycles. The van der Waals surface area contributed by atoms with Gasteiger partial charge < -0.3 is 5.73 Å². The molecule has 2 aliphatic rings. The lowest BCUT2D eigenvalue weighted by Crippen LogP contribution is -2.58. The van der Waals surface area contributed by atoms with Crippen molar-refractivity contribution in [2.75, 3.05) is 19.6 Å². The number of hydrogen-bond donors (Lipinski definition) is 1. The largest absolute Gasteiger partial charge is 0.329 e. The van der Waals surface area contributed by atoms with Crippen molar-refractivity contribution < 1.29 is 0 Å². The molecule has 3 atom stereocenters. The maximum absolute atomic E-state index is 6.25. The van der Waals surface area contributed by atoms with Crippen molar-refractivity contribution in [3.8, 4) is 0 Å². The summed E-state index contributed by atoms with van der Waals surface area (Å²) in [6.45, 7) is 5.67. The van der Waals surface area contributed by atoms with Gasteiger partial charge in [-0.2, -0.15) is 0 Å². The number of nitrogens with two attached hydrogens (primary N) is 1. The molecule has 110 valence electrons. The predicted molar refractivity (Wildman–Crippen MR) is 84.8 cm³/mol. The van der Waals surface area contributed by atoms with E-state index in [4.69, 9.17) is 5.73 Å². The van der Waals surface area contributed by atoms with Gasteiger partial charge in [0.1, 0.15) is 0 Å². The molecule has 20 heavy (non-hydrogen) atoms. The molecule has 2 N–H and O–H groups in total. The van der Waals surface area contributed by atoms with E-state index in [2.05, 4.69) is 42.2 Å². The summed E-state index contributed by atoms with van der Waals surface area (Å²) in [4.78, 5) is 2.73. The third kappa shape index (κ3) is 2.40. The van der Waals surface area contributed by atoms with Gasteiger partial charge >= 0.3 is 0 Å². The summed E-state index contributed by atoms with van der Waals surface area (Å²) >= 11 is 0. The van der Waals surface area contributed by atoms with E-state index in [0.29, 0.717) is 5.92 Å². The lowest BCUT2D eigenvalue weighted by molar-refractivity contribution is 0.0309. The Kier molecular flexibility index (Phi) is 4.13. The Morgan fingerprint density at radius 3 is 2.70 bits per heavy atom. The zero-order chi connectivity index (χ0) is 14.0. The molecule has 0 aromatic heterocycles. The van der Waals surface area contributed by atoms with Gasteiger partial charge in [0, 0.05) is 18.6 Å². The predicted octanol–water partition coefficient (Wildman–Crippen LogP) is 3.38. The quantitative estimate of drug-likeness (QED) is 0.914. The SMILES string of the molecule is CC1CCCCC1(CN)N1CCC(c2ccccc2)C1. The fourth-order valence-electron chi connectivity index (χ4n) is 4.46. The molecule has 1 saturated heterocycles. The maximum Gasteiger partial charge on any atom is 0.0357 e. The second-order valence-electron chi connectivity index (χ2n) is 6.80. The van der Waals surface area contributed by atoms with E-state index in [1.807, 2.05) is 0 Å². The van der Waals surface area contributed by atoms with Gasteiger partial charge in [0.25, 0.3) is 0 Å². The molecule has 1 heterocycles. The number of nitrogens with zero attached hydrogens (tertiary/aromatic N) is 1. The molecule has 0 spiro atoms. The minimum absolute atomic E-state index is 0.280. The summed E-state index contributed by atoms with van der Waals surface area (Å²) in [6, 6.07) is 11.0. The van der Waals surface area contributed by atoms with E-state index in [9.17, 15) is 0 Å². The van der Waals surface area contributed by atoms with Crippen molar-refractivity contribution in [1.82, 2.24) is 4.90 Å². The van der Waals surface area contributed by atoms with Gasteiger partial charge in [-0.1, -0.05) is 50.1 Å². The van der Waals surface area contributed by atoms with Crippen LogP contribution >= 0.6 is 0 Å². The Hall–Kier alpha value is -0.860. The lowest BCUT2D eigenvalue weighted by Gasteiger charge is -2.49. The normalized spacial score (nSPS) is 35.3. The van der Waals surface area contributed by atoms with E-state index < -0.39 is 0 Å². The van der Waals surface area contributed by atoms with Crippen LogP contribution in [-0.4, -0.2) is 30.1 Å². The van der Waals surface area contributed by atoms with Crippen LogP contribution in [0.25, 0.3) is 0 Å². The Balaban J connectivity index is 1.75. The van der Waals surface area contributed by atoms with Crippen molar-refractivity contribution in [3.05, 3.63) is 35.9 Å². The van der Waals surface area contributed by atoms with Crippen molar-refractivity contribution in [2.45, 2.75) is 50.5 Å². The second-order valence-corrected chi connectivity index (χ2v) is 6.80. The highest BCUT2D eigenvalue weighted by molar-refractivity contribution is 5.21. The summed E-state index contributed by atoms with van der Waals surface area (Å²) in [5.74, 6) is 1.45. The summed E-state index contributed by atoms with van der Waals surface area (Å²) in [5.41, 5.74) is 8.04. The van der Waals surface area contributed by atoms with Crippen molar-refractivity contribution >= 4 is 0 Å². The molecule has 3 unspecified atom stereocenters. The van der Waals surface area contributed by atoms with Crippen LogP contribution in [0.3, 0.4) is 0 Å². The molecule has 2 nitrogen and oxygen atoms in total. The number of benzene rings is 1. The highest BCUT2D eigenvalue weighted by Crippen LogP contribution is 2.42. The van der Waals surface area contributed by atoms with E-state index in [0.717, 1.165) is 12.5 Å². The van der Waals surface area contributed by atoms with Gasteiger partial charge in [-0.05, 0) is 43.2 Å². The standard InChI is InChI=1S/C18H28N2/c1-15-7-5-6-11-18(15,14-19)20-12-10-17(13-20)16-8-3-2-4-9-16/h2-4,8-9,15,17H,5-7,10-14,19H2,1H3. The summed E-state index contributed by atoms with van der Waals surface area (Å²) in [7, 11) is 0. The average Bonchev–Trinajstić information content (AvgIpc) is 2.99. The minimum atomic E-state index is 0.280. The first kappa shape index (κ1) is 14.1. The van der Waals surface area contributed by atoms with Gasteiger partial charge in [0.15, 0.2) is 0 Å². The highest BCUT2D eigenvalue weighted by Gasteiger charge is 2.44. The van der Waals surface area contributed by atoms with E-state index in [1.54, 1.807) is 0 Å². The van der Waals surface area contributed by atoms with Gasteiger partial charge in [-0.25, -0.2) is 0 Å². The van der Waals surface area contributed by atoms with Crippen LogP contribution in [-0.2, 0) is 0 Å². The number of hydrogen-bond acceptors (Lipinski definition) is 2. The van der Waals surface area contributed by atoms with Crippen LogP contribution in [0.5, 0.6) is 0 Å². The third-order valence-corrected chi connectivity index (χ3v) is 5.86. The Morgan fingerprint density at radius 2 is 2.00 bits per heavy atom. The van der Waals surface area contributed by atoms with Crippen LogP contribution in [0.2, 0.25) is 0 Å². The minimum Gasteiger partial charge on any atom is -0.329 e. The zero-order valence-electron chi connectivity index (χ0n) is 12.7. The highest BCUT2D eigenvalue weighted by atomic mass is 15.2. The van der Waals surface area contributed by atoms with Crippen LogP contribution < -0.4 is 5.73 Å². The Labute approximate surface area is 123 Å². The molecule has 1 aromatic carbocycles. The molecular weight excluding hydrogens is 244 g/mol. The second kappa shape index (κ2) is 5.87. The molecule has 2 heteroatoms. The monoisotopic (exact) mass is 272 g/mol. The molecule has 2 fully saturated rings. The molecule has 0 amide bonds. The first-order valence-corrected chi connectivity index (χ1v) is 8.26. The van der Waals surface area contributed by atoms with Crippen LogP contribution in [0.4, 0.5) is 0 Å². The van der Waals surface area contributed by atoms with Gasteiger partial charge in [-0.3, -0.25) is 4.90 Å². The summed E-state index contributed by atoms with van der Waals surface area (Å²) in [5, 5.41) is 0. The van der Waals surface area contributed by atoms with Crippen LogP contribution in [0.15, 0.2) is 30.3 Å². The van der Waals surface area contributed by atoms with E-state index in [-0.39, 0.29) is 5.54 Å². The van der Waals surface area contributed by atoms with Gasteiger partial charge in [0.05, 0.1) is 0 Å². The molecule has 3 rings (SSSR count). The first-order chi connectivity index (χ1) is 9.76. The molecule has 1 aliphatic heterocycles. The molecular formula is C18H28N2. The summed E-state index contributed by atoms with van der Waals surface area (Å²) in [6.07, 6.45) is 6.68. The van der Waals surface area contributed by atoms with Crippen molar-refractivity contribution in [3.63, 3.8) is 0 Å². The fourth-order valence-corrected chi connectivity index (χ4v) is 4.46. The summed E-state index contributed by atoms with van der Waals surface area (Å²) < 4.78 is 0. The zero-order valence-corrected chi connectivity index (χ0v) is 12.7. The van der Waals surface area contributed by atoms with Gasteiger partial charge in [0.2, 0.25) is 0 Å². The smallest absolute Gasteiger partial charge is 0.0357 e. The molecule has 0 radical (unpaired) electrons. The fraction of sp³-hybridized carbons (Fsp3) is 0.667. The Morgan fingerprint density at radius 1 is 1.20 bits per heavy atom. The van der Waals surface area contributed by atoms with E-state index in [1.165, 1.54) is 50.8 Å². The maximum atomic E-state index is 6.25.